The van der Waals surface area contributed by atoms with Crippen LogP contribution < -0.4 is 19.9 Å². The first kappa shape index (κ1) is 21.1. The maximum absolute atomic E-state index is 11.3. The summed E-state index contributed by atoms with van der Waals surface area (Å²) in [5, 5.41) is 13.7. The Morgan fingerprint density at radius 2 is 1.84 bits per heavy atom. The summed E-state index contributed by atoms with van der Waals surface area (Å²) in [5.41, 5.74) is 2.70. The minimum Gasteiger partial charge on any atom is -0.493 e. The van der Waals surface area contributed by atoms with Crippen molar-refractivity contribution in [1.82, 2.24) is 14.6 Å². The van der Waals surface area contributed by atoms with Gasteiger partial charge >= 0.3 is 0 Å². The topological polar surface area (TPSA) is 121 Å². The number of benzene rings is 2. The molecule has 0 aliphatic carbocycles. The third-order valence-electron chi connectivity index (χ3n) is 4.66. The monoisotopic (exact) mass is 459 g/mol. The zero-order valence-electron chi connectivity index (χ0n) is 16.9. The third-order valence-corrected chi connectivity index (χ3v) is 6.47. The van der Waals surface area contributed by atoms with Gasteiger partial charge in [-0.2, -0.15) is 0 Å². The van der Waals surface area contributed by atoms with Gasteiger partial charge in [-0.3, -0.25) is 0 Å². The summed E-state index contributed by atoms with van der Waals surface area (Å²) >= 11 is 1.45. The van der Waals surface area contributed by atoms with Gasteiger partial charge in [-0.15, -0.1) is 5.10 Å². The molecule has 0 aliphatic heterocycles. The second-order valence-electron chi connectivity index (χ2n) is 6.70. The standard InChI is InChI=1S/C20H21N5O4S2/c1-28-17-8-5-14(11-18(17)29-2)16-12-25-20(23-16)30-19(24-25)22-10-9-13-3-6-15(7-4-13)31(21,26)27/h3-8,11-12H,9-10H2,1-2H3,(H,22,24)(H2,21,26,27). The Morgan fingerprint density at radius 3 is 2.48 bits per heavy atom. The van der Waals surface area contributed by atoms with Gasteiger partial charge in [0.15, 0.2) is 11.5 Å². The van der Waals surface area contributed by atoms with E-state index in [2.05, 4.69) is 15.4 Å². The highest BCUT2D eigenvalue weighted by molar-refractivity contribution is 7.89. The van der Waals surface area contributed by atoms with E-state index < -0.39 is 10.0 Å². The number of hydrogen-bond acceptors (Lipinski definition) is 8. The minimum absolute atomic E-state index is 0.107. The van der Waals surface area contributed by atoms with E-state index in [0.717, 1.165) is 26.9 Å². The van der Waals surface area contributed by atoms with Crippen molar-refractivity contribution in [2.75, 3.05) is 26.1 Å². The zero-order chi connectivity index (χ0) is 22.0. The fourth-order valence-corrected chi connectivity index (χ4v) is 4.39. The Kier molecular flexibility index (Phi) is 5.81. The number of anilines is 1. The first-order valence-corrected chi connectivity index (χ1v) is 11.7. The Morgan fingerprint density at radius 1 is 1.10 bits per heavy atom. The van der Waals surface area contributed by atoms with E-state index in [0.29, 0.717) is 24.5 Å². The van der Waals surface area contributed by atoms with Crippen molar-refractivity contribution in [3.63, 3.8) is 0 Å². The van der Waals surface area contributed by atoms with Gasteiger partial charge in [-0.25, -0.2) is 23.1 Å². The number of ether oxygens (including phenoxy) is 2. The molecule has 0 saturated carbocycles. The average molecular weight is 460 g/mol. The van der Waals surface area contributed by atoms with Crippen LogP contribution in [0.3, 0.4) is 0 Å². The van der Waals surface area contributed by atoms with Gasteiger partial charge in [0.05, 0.1) is 31.0 Å². The van der Waals surface area contributed by atoms with Crippen LogP contribution in [-0.2, 0) is 16.4 Å². The minimum atomic E-state index is -3.67. The van der Waals surface area contributed by atoms with Crippen LogP contribution in [-0.4, -0.2) is 43.8 Å². The van der Waals surface area contributed by atoms with Gasteiger partial charge in [0.1, 0.15) is 0 Å². The second kappa shape index (κ2) is 8.53. The molecule has 2 aromatic carbocycles. The molecule has 0 bridgehead atoms. The molecular formula is C20H21N5O4S2. The summed E-state index contributed by atoms with van der Waals surface area (Å²) in [7, 11) is -0.472. The van der Waals surface area contributed by atoms with E-state index >= 15 is 0 Å². The lowest BCUT2D eigenvalue weighted by molar-refractivity contribution is 0.355. The Labute approximate surface area is 183 Å². The molecule has 4 aromatic rings. The van der Waals surface area contributed by atoms with Crippen molar-refractivity contribution in [3.05, 3.63) is 54.2 Å². The molecule has 0 spiro atoms. The highest BCUT2D eigenvalue weighted by Gasteiger charge is 2.12. The highest BCUT2D eigenvalue weighted by atomic mass is 32.2. The molecule has 4 rings (SSSR count). The summed E-state index contributed by atoms with van der Waals surface area (Å²) in [6, 6.07) is 12.2. The van der Waals surface area contributed by atoms with Crippen molar-refractivity contribution in [1.29, 1.82) is 0 Å². The fraction of sp³-hybridized carbons (Fsp3) is 0.200. The number of hydrogen-bond donors (Lipinski definition) is 2. The lowest BCUT2D eigenvalue weighted by atomic mass is 10.1. The lowest BCUT2D eigenvalue weighted by Gasteiger charge is -2.08. The molecule has 9 nitrogen and oxygen atoms in total. The molecule has 162 valence electrons. The fourth-order valence-electron chi connectivity index (χ4n) is 3.07. The molecule has 2 heterocycles. The number of fused-ring (bicyclic) bond motifs is 1. The highest BCUT2D eigenvalue weighted by Crippen LogP contribution is 2.32. The van der Waals surface area contributed by atoms with Crippen molar-refractivity contribution in [2.45, 2.75) is 11.3 Å². The summed E-state index contributed by atoms with van der Waals surface area (Å²) in [4.78, 5) is 5.52. The lowest BCUT2D eigenvalue weighted by Crippen LogP contribution is -2.12. The molecule has 31 heavy (non-hydrogen) atoms. The third kappa shape index (κ3) is 4.63. The van der Waals surface area contributed by atoms with Crippen LogP contribution in [0.2, 0.25) is 0 Å². The van der Waals surface area contributed by atoms with Gasteiger partial charge in [0, 0.05) is 12.1 Å². The van der Waals surface area contributed by atoms with Crippen molar-refractivity contribution < 1.29 is 17.9 Å². The van der Waals surface area contributed by atoms with Crippen LogP contribution in [0.25, 0.3) is 16.2 Å². The Balaban J connectivity index is 1.41. The number of sulfonamides is 1. The maximum Gasteiger partial charge on any atom is 0.238 e. The molecule has 0 amide bonds. The predicted molar refractivity (Wildman–Crippen MR) is 119 cm³/mol. The number of nitrogens with zero attached hydrogens (tertiary/aromatic N) is 3. The molecule has 0 radical (unpaired) electrons. The van der Waals surface area contributed by atoms with Crippen LogP contribution >= 0.6 is 11.3 Å². The van der Waals surface area contributed by atoms with Gasteiger partial charge in [0.2, 0.25) is 20.1 Å². The van der Waals surface area contributed by atoms with Crippen LogP contribution in [0.5, 0.6) is 11.5 Å². The molecule has 2 aromatic heterocycles. The van der Waals surface area contributed by atoms with Gasteiger partial charge < -0.3 is 14.8 Å². The largest absolute Gasteiger partial charge is 0.493 e. The van der Waals surface area contributed by atoms with E-state index in [1.807, 2.05) is 24.4 Å². The molecule has 0 aliphatic rings. The van der Waals surface area contributed by atoms with E-state index in [-0.39, 0.29) is 4.90 Å². The van der Waals surface area contributed by atoms with Crippen LogP contribution in [0, 0.1) is 0 Å². The first-order valence-electron chi connectivity index (χ1n) is 9.31. The van der Waals surface area contributed by atoms with E-state index in [9.17, 15) is 8.42 Å². The molecule has 0 saturated heterocycles. The van der Waals surface area contributed by atoms with E-state index in [1.54, 1.807) is 30.9 Å². The number of nitrogens with two attached hydrogens (primary N) is 1. The van der Waals surface area contributed by atoms with Crippen LogP contribution in [0.1, 0.15) is 5.56 Å². The summed E-state index contributed by atoms with van der Waals surface area (Å²) < 4.78 is 35.0. The predicted octanol–water partition coefficient (Wildman–Crippen LogP) is 2.78. The molecule has 3 N–H and O–H groups in total. The molecule has 11 heteroatoms. The number of nitrogens with one attached hydrogen (secondary N) is 1. The SMILES string of the molecule is COc1ccc(-c2cn3nc(NCCc4ccc(S(N)(=O)=O)cc4)sc3n2)cc1OC. The van der Waals surface area contributed by atoms with Crippen molar-refractivity contribution in [3.8, 4) is 22.8 Å². The van der Waals surface area contributed by atoms with Crippen molar-refractivity contribution in [2.24, 2.45) is 5.14 Å². The maximum atomic E-state index is 11.3. The number of imidazole rings is 1. The number of primary sulfonamides is 1. The number of aromatic nitrogens is 3. The number of methoxy groups -OCH3 is 2. The zero-order valence-corrected chi connectivity index (χ0v) is 18.5. The molecule has 0 unspecified atom stereocenters. The average Bonchev–Trinajstić information content (AvgIpc) is 3.32. The molecule has 0 fully saturated rings. The smallest absolute Gasteiger partial charge is 0.238 e. The van der Waals surface area contributed by atoms with Gasteiger partial charge in [-0.05, 0) is 42.3 Å². The quantitative estimate of drug-likeness (QED) is 0.416. The van der Waals surface area contributed by atoms with Gasteiger partial charge in [0.25, 0.3) is 0 Å². The summed E-state index contributed by atoms with van der Waals surface area (Å²) in [6.07, 6.45) is 2.58. The summed E-state index contributed by atoms with van der Waals surface area (Å²) in [6.45, 7) is 0.647. The molecular weight excluding hydrogens is 438 g/mol. The van der Waals surface area contributed by atoms with Crippen LogP contribution in [0.4, 0.5) is 5.13 Å². The van der Waals surface area contributed by atoms with E-state index in [1.165, 1.54) is 23.5 Å². The van der Waals surface area contributed by atoms with E-state index in [4.69, 9.17) is 14.6 Å². The number of rotatable bonds is 8. The second-order valence-corrected chi connectivity index (χ2v) is 9.21. The Bertz CT molecular complexity index is 1280. The Hall–Kier alpha value is -3.15. The normalized spacial score (nSPS) is 11.6. The van der Waals surface area contributed by atoms with Crippen LogP contribution in [0.15, 0.2) is 53.6 Å². The first-order chi connectivity index (χ1) is 14.9. The van der Waals surface area contributed by atoms with Gasteiger partial charge in [-0.1, -0.05) is 23.5 Å². The van der Waals surface area contributed by atoms with Crippen molar-refractivity contribution >= 4 is 31.5 Å². The summed E-state index contributed by atoms with van der Waals surface area (Å²) in [5.74, 6) is 1.31. The molecule has 0 atom stereocenters.